The summed E-state index contributed by atoms with van der Waals surface area (Å²) in [6.45, 7) is 0. The van der Waals surface area contributed by atoms with Crippen LogP contribution in [0, 0.1) is 0 Å². The van der Waals surface area contributed by atoms with Crippen LogP contribution < -0.4 is 15.0 Å². The van der Waals surface area contributed by atoms with Crippen LogP contribution in [0.15, 0.2) is 83.4 Å². The van der Waals surface area contributed by atoms with Crippen LogP contribution in [0.3, 0.4) is 0 Å². The van der Waals surface area contributed by atoms with Gasteiger partial charge in [-0.05, 0) is 105 Å². The molecule has 0 radical (unpaired) electrons. The maximum Gasteiger partial charge on any atom is 0.174 e. The fourth-order valence-corrected chi connectivity index (χ4v) is 6.00. The van der Waals surface area contributed by atoms with Gasteiger partial charge in [-0.2, -0.15) is 0 Å². The molecule has 1 aliphatic carbocycles. The number of nitrogens with one attached hydrogen (secondary N) is 1. The highest BCUT2D eigenvalue weighted by Gasteiger charge is 2.42. The third-order valence-electron chi connectivity index (χ3n) is 6.93. The maximum atomic E-state index is 6.47. The Balaban J connectivity index is 1.36. The number of hydrogen-bond acceptors (Lipinski definition) is 4. The number of nitrogens with zero attached hydrogens (tertiary/aromatic N) is 2. The first-order valence-electron chi connectivity index (χ1n) is 12.4. The second-order valence-electron chi connectivity index (χ2n) is 9.34. The lowest BCUT2D eigenvalue weighted by atomic mass is 10.0. The Bertz CT molecular complexity index is 1400. The summed E-state index contributed by atoms with van der Waals surface area (Å²) in [5, 5.41) is 5.18. The van der Waals surface area contributed by atoms with E-state index < -0.39 is 0 Å². The molecule has 0 bridgehead atoms. The minimum Gasteiger partial charge on any atom is -0.490 e. The van der Waals surface area contributed by atoms with E-state index in [4.69, 9.17) is 44.6 Å². The molecule has 2 aromatic carbocycles. The highest BCUT2D eigenvalue weighted by molar-refractivity contribution is 7.80. The highest BCUT2D eigenvalue weighted by atomic mass is 35.5. The number of ether oxygens (including phenoxy) is 1. The summed E-state index contributed by atoms with van der Waals surface area (Å²) in [5.74, 6) is 2.29. The second-order valence-corrected chi connectivity index (χ2v) is 10.6. The topological polar surface area (TPSA) is 50.5 Å². The van der Waals surface area contributed by atoms with Crippen LogP contribution in [0.2, 0.25) is 10.0 Å². The van der Waals surface area contributed by atoms with E-state index in [1.54, 1.807) is 18.3 Å². The molecule has 6 rings (SSSR count). The standard InChI is InChI=1S/C29H25Cl2N3O2S/c30-18-8-13-22(23(31)17-18)25-14-15-26(36-25)28-27(24-7-3-4-16-32-24)33-29(37)34(28)19-9-11-21(12-10-19)35-20-5-1-2-6-20/h3-4,7-17,20,27-28H,1-2,5-6H2,(H,33,37). The number of pyridine rings is 1. The Morgan fingerprint density at radius 3 is 2.51 bits per heavy atom. The van der Waals surface area contributed by atoms with Crippen molar-refractivity contribution >= 4 is 46.2 Å². The van der Waals surface area contributed by atoms with Crippen LogP contribution in [0.25, 0.3) is 11.3 Å². The van der Waals surface area contributed by atoms with E-state index in [1.807, 2.05) is 60.7 Å². The van der Waals surface area contributed by atoms with Crippen molar-refractivity contribution in [1.29, 1.82) is 0 Å². The molecular weight excluding hydrogens is 525 g/mol. The molecule has 0 amide bonds. The van der Waals surface area contributed by atoms with Gasteiger partial charge in [0.05, 0.1) is 22.9 Å². The van der Waals surface area contributed by atoms with E-state index in [0.29, 0.717) is 27.0 Å². The first kappa shape index (κ1) is 24.3. The van der Waals surface area contributed by atoms with Crippen molar-refractivity contribution in [2.75, 3.05) is 4.90 Å². The van der Waals surface area contributed by atoms with Gasteiger partial charge in [0, 0.05) is 22.5 Å². The molecule has 1 saturated carbocycles. The van der Waals surface area contributed by atoms with Crippen molar-refractivity contribution < 1.29 is 9.15 Å². The van der Waals surface area contributed by atoms with Crippen molar-refractivity contribution in [2.24, 2.45) is 0 Å². The van der Waals surface area contributed by atoms with Gasteiger partial charge >= 0.3 is 0 Å². The van der Waals surface area contributed by atoms with Crippen molar-refractivity contribution in [3.05, 3.63) is 100 Å². The quantitative estimate of drug-likeness (QED) is 0.245. The molecule has 2 aliphatic rings. The summed E-state index contributed by atoms with van der Waals surface area (Å²) in [5.41, 5.74) is 2.60. The molecule has 2 fully saturated rings. The molecule has 4 aromatic rings. The van der Waals surface area contributed by atoms with Crippen molar-refractivity contribution in [3.8, 4) is 17.1 Å². The first-order valence-corrected chi connectivity index (χ1v) is 13.6. The number of furan rings is 1. The zero-order valence-electron chi connectivity index (χ0n) is 19.9. The van der Waals surface area contributed by atoms with Crippen molar-refractivity contribution in [1.82, 2.24) is 10.3 Å². The number of halogens is 2. The molecule has 188 valence electrons. The summed E-state index contributed by atoms with van der Waals surface area (Å²) in [4.78, 5) is 6.70. The molecular formula is C29H25Cl2N3O2S. The predicted octanol–water partition coefficient (Wildman–Crippen LogP) is 8.15. The smallest absolute Gasteiger partial charge is 0.174 e. The van der Waals surface area contributed by atoms with Crippen LogP contribution in [0.1, 0.15) is 49.2 Å². The van der Waals surface area contributed by atoms with Gasteiger partial charge in [0.2, 0.25) is 0 Å². The van der Waals surface area contributed by atoms with Crippen LogP contribution in [-0.4, -0.2) is 16.2 Å². The number of anilines is 1. The third kappa shape index (κ3) is 4.93. The molecule has 5 nitrogen and oxygen atoms in total. The fraction of sp³-hybridized carbons (Fsp3) is 0.241. The zero-order chi connectivity index (χ0) is 25.4. The Morgan fingerprint density at radius 2 is 1.78 bits per heavy atom. The van der Waals surface area contributed by atoms with Gasteiger partial charge < -0.3 is 19.4 Å². The Morgan fingerprint density at radius 1 is 0.973 bits per heavy atom. The summed E-state index contributed by atoms with van der Waals surface area (Å²) >= 11 is 18.4. The average Bonchev–Trinajstić information content (AvgIpc) is 3.66. The van der Waals surface area contributed by atoms with Crippen LogP contribution >= 0.6 is 35.4 Å². The Labute approximate surface area is 231 Å². The van der Waals surface area contributed by atoms with Gasteiger partial charge in [0.25, 0.3) is 0 Å². The molecule has 1 saturated heterocycles. The minimum atomic E-state index is -0.260. The molecule has 2 atom stereocenters. The average molecular weight is 551 g/mol. The molecule has 3 heterocycles. The van der Waals surface area contributed by atoms with Gasteiger partial charge in [-0.25, -0.2) is 0 Å². The number of benzene rings is 2. The summed E-state index contributed by atoms with van der Waals surface area (Å²) in [7, 11) is 0. The molecule has 1 N–H and O–H groups in total. The van der Waals surface area contributed by atoms with Gasteiger partial charge in [-0.1, -0.05) is 29.3 Å². The molecule has 1 aliphatic heterocycles. The number of rotatable bonds is 6. The number of thiocarbonyl (C=S) groups is 1. The van der Waals surface area contributed by atoms with Crippen molar-refractivity contribution in [3.63, 3.8) is 0 Å². The largest absolute Gasteiger partial charge is 0.490 e. The minimum absolute atomic E-state index is 0.206. The number of hydrogen-bond donors (Lipinski definition) is 1. The lowest BCUT2D eigenvalue weighted by Crippen LogP contribution is -2.29. The second kappa shape index (κ2) is 10.4. The van der Waals surface area contributed by atoms with Gasteiger partial charge in [-0.15, -0.1) is 0 Å². The van der Waals surface area contributed by atoms with Crippen LogP contribution in [0.4, 0.5) is 5.69 Å². The molecule has 2 unspecified atom stereocenters. The van der Waals surface area contributed by atoms with E-state index in [0.717, 1.165) is 41.3 Å². The Kier molecular flexibility index (Phi) is 6.80. The third-order valence-corrected chi connectivity index (χ3v) is 7.80. The monoisotopic (exact) mass is 549 g/mol. The molecule has 2 aromatic heterocycles. The van der Waals surface area contributed by atoms with E-state index >= 15 is 0 Å². The summed E-state index contributed by atoms with van der Waals surface area (Å²) < 4.78 is 12.6. The van der Waals surface area contributed by atoms with E-state index in [-0.39, 0.29) is 12.1 Å². The summed E-state index contributed by atoms with van der Waals surface area (Å²) in [6.07, 6.45) is 6.81. The van der Waals surface area contributed by atoms with Gasteiger partial charge in [-0.3, -0.25) is 4.98 Å². The molecule has 37 heavy (non-hydrogen) atoms. The SMILES string of the molecule is S=C1NC(c2ccccn2)C(c2ccc(-c3ccc(Cl)cc3Cl)o2)N1c1ccc(OC2CCCC2)cc1. The zero-order valence-corrected chi connectivity index (χ0v) is 22.3. The maximum absolute atomic E-state index is 6.47. The molecule has 0 spiro atoms. The van der Waals surface area contributed by atoms with E-state index in [2.05, 4.69) is 15.2 Å². The lowest BCUT2D eigenvalue weighted by Gasteiger charge is -2.26. The van der Waals surface area contributed by atoms with Gasteiger partial charge in [0.15, 0.2) is 5.11 Å². The van der Waals surface area contributed by atoms with E-state index in [1.165, 1.54) is 12.8 Å². The van der Waals surface area contributed by atoms with Crippen LogP contribution in [0.5, 0.6) is 5.75 Å². The number of aromatic nitrogens is 1. The van der Waals surface area contributed by atoms with E-state index in [9.17, 15) is 0 Å². The fourth-order valence-electron chi connectivity index (χ4n) is 5.15. The van der Waals surface area contributed by atoms with Crippen molar-refractivity contribution in [2.45, 2.75) is 43.9 Å². The van der Waals surface area contributed by atoms with Crippen LogP contribution in [-0.2, 0) is 0 Å². The Hall–Kier alpha value is -3.06. The lowest BCUT2D eigenvalue weighted by molar-refractivity contribution is 0.210. The predicted molar refractivity (Wildman–Crippen MR) is 151 cm³/mol. The first-order chi connectivity index (χ1) is 18.1. The van der Waals surface area contributed by atoms with Gasteiger partial charge in [0.1, 0.15) is 23.3 Å². The molecule has 8 heteroatoms. The normalized spacial score (nSPS) is 19.8. The highest BCUT2D eigenvalue weighted by Crippen LogP contribution is 2.44. The summed E-state index contributed by atoms with van der Waals surface area (Å²) in [6, 6.07) is 22.8.